The van der Waals surface area contributed by atoms with Crippen LogP contribution >= 0.6 is 0 Å². The van der Waals surface area contributed by atoms with Crippen LogP contribution in [0.4, 0.5) is 0 Å². The van der Waals surface area contributed by atoms with Gasteiger partial charge < -0.3 is 9.88 Å². The lowest BCUT2D eigenvalue weighted by molar-refractivity contribution is 0.159. The standard InChI is InChI=1S/C18H33N3/c1-5-11-19-16(14-17-20-12-13-21(17)6-2)15-7-9-18(3,4)10-8-15/h12-13,15-16,19H,5-11,14H2,1-4H3. The van der Waals surface area contributed by atoms with E-state index < -0.39 is 0 Å². The van der Waals surface area contributed by atoms with Crippen molar-refractivity contribution in [3.63, 3.8) is 0 Å². The van der Waals surface area contributed by atoms with E-state index in [-0.39, 0.29) is 0 Å². The first-order chi connectivity index (χ1) is 10.1. The van der Waals surface area contributed by atoms with Crippen molar-refractivity contribution in [2.24, 2.45) is 11.3 Å². The van der Waals surface area contributed by atoms with Gasteiger partial charge in [0.15, 0.2) is 0 Å². The maximum Gasteiger partial charge on any atom is 0.110 e. The predicted octanol–water partition coefficient (Wildman–Crippen LogP) is 4.03. The fourth-order valence-electron chi connectivity index (χ4n) is 3.57. The van der Waals surface area contributed by atoms with Crippen LogP contribution in [0.2, 0.25) is 0 Å². The van der Waals surface area contributed by atoms with Gasteiger partial charge in [0.25, 0.3) is 0 Å². The van der Waals surface area contributed by atoms with Crippen molar-refractivity contribution in [3.8, 4) is 0 Å². The molecule has 120 valence electrons. The summed E-state index contributed by atoms with van der Waals surface area (Å²) in [6, 6.07) is 0.591. The number of aryl methyl sites for hydroxylation is 1. The third kappa shape index (κ3) is 4.57. The molecule has 0 aliphatic heterocycles. The van der Waals surface area contributed by atoms with Gasteiger partial charge in [0.2, 0.25) is 0 Å². The molecule has 1 atom stereocenters. The lowest BCUT2D eigenvalue weighted by Gasteiger charge is -2.38. The average Bonchev–Trinajstić information content (AvgIpc) is 2.91. The molecule has 0 bridgehead atoms. The number of hydrogen-bond donors (Lipinski definition) is 1. The molecule has 1 unspecified atom stereocenters. The SMILES string of the molecule is CCCNC(Cc1nccn1CC)C1CCC(C)(C)CC1. The highest BCUT2D eigenvalue weighted by Gasteiger charge is 2.31. The van der Waals surface area contributed by atoms with E-state index in [0.29, 0.717) is 11.5 Å². The van der Waals surface area contributed by atoms with Crippen molar-refractivity contribution in [1.29, 1.82) is 0 Å². The molecule has 1 heterocycles. The number of aromatic nitrogens is 2. The van der Waals surface area contributed by atoms with E-state index in [0.717, 1.165) is 25.4 Å². The van der Waals surface area contributed by atoms with Gasteiger partial charge in [-0.3, -0.25) is 0 Å². The van der Waals surface area contributed by atoms with E-state index in [1.54, 1.807) is 0 Å². The minimum absolute atomic E-state index is 0.549. The van der Waals surface area contributed by atoms with Crippen molar-refractivity contribution < 1.29 is 0 Å². The molecule has 1 aromatic heterocycles. The van der Waals surface area contributed by atoms with Crippen LogP contribution in [0.25, 0.3) is 0 Å². The first-order valence-electron chi connectivity index (χ1n) is 8.79. The van der Waals surface area contributed by atoms with E-state index in [4.69, 9.17) is 0 Å². The summed E-state index contributed by atoms with van der Waals surface area (Å²) in [5.41, 5.74) is 0.549. The highest BCUT2D eigenvalue weighted by molar-refractivity contribution is 4.98. The van der Waals surface area contributed by atoms with E-state index >= 15 is 0 Å². The molecule has 1 fully saturated rings. The number of rotatable bonds is 7. The first-order valence-corrected chi connectivity index (χ1v) is 8.79. The smallest absolute Gasteiger partial charge is 0.110 e. The normalized spacial score (nSPS) is 20.6. The molecule has 0 amide bonds. The van der Waals surface area contributed by atoms with Gasteiger partial charge >= 0.3 is 0 Å². The third-order valence-corrected chi connectivity index (χ3v) is 5.15. The van der Waals surface area contributed by atoms with Gasteiger partial charge in [0.05, 0.1) is 0 Å². The number of nitrogens with one attached hydrogen (secondary N) is 1. The predicted molar refractivity (Wildman–Crippen MR) is 89.4 cm³/mol. The summed E-state index contributed by atoms with van der Waals surface area (Å²) in [7, 11) is 0. The molecule has 3 nitrogen and oxygen atoms in total. The van der Waals surface area contributed by atoms with Gasteiger partial charge in [-0.25, -0.2) is 4.98 Å². The Labute approximate surface area is 130 Å². The lowest BCUT2D eigenvalue weighted by atomic mass is 9.70. The molecule has 3 heteroatoms. The van der Waals surface area contributed by atoms with E-state index in [1.807, 2.05) is 6.20 Å². The fraction of sp³-hybridized carbons (Fsp3) is 0.833. The van der Waals surface area contributed by atoms with Crippen LogP contribution in [0.3, 0.4) is 0 Å². The molecule has 0 radical (unpaired) electrons. The van der Waals surface area contributed by atoms with E-state index in [1.165, 1.54) is 37.9 Å². The Bertz CT molecular complexity index is 412. The molecule has 2 rings (SSSR count). The van der Waals surface area contributed by atoms with Crippen LogP contribution in [0.15, 0.2) is 12.4 Å². The minimum Gasteiger partial charge on any atom is -0.335 e. The topological polar surface area (TPSA) is 29.9 Å². The van der Waals surface area contributed by atoms with Crippen LogP contribution in [-0.2, 0) is 13.0 Å². The van der Waals surface area contributed by atoms with Crippen molar-refractivity contribution in [2.45, 2.75) is 78.8 Å². The Kier molecular flexibility index (Phi) is 5.86. The minimum atomic E-state index is 0.549. The Morgan fingerprint density at radius 1 is 1.33 bits per heavy atom. The maximum atomic E-state index is 4.58. The second kappa shape index (κ2) is 7.44. The van der Waals surface area contributed by atoms with Crippen molar-refractivity contribution in [1.82, 2.24) is 14.9 Å². The Morgan fingerprint density at radius 2 is 2.05 bits per heavy atom. The highest BCUT2D eigenvalue weighted by Crippen LogP contribution is 2.39. The van der Waals surface area contributed by atoms with Crippen LogP contribution in [0.1, 0.15) is 65.6 Å². The quantitative estimate of drug-likeness (QED) is 0.822. The van der Waals surface area contributed by atoms with Gasteiger partial charge in [-0.05, 0) is 56.9 Å². The Hall–Kier alpha value is -0.830. The van der Waals surface area contributed by atoms with E-state index in [9.17, 15) is 0 Å². The first kappa shape index (κ1) is 16.5. The lowest BCUT2D eigenvalue weighted by Crippen LogP contribution is -2.41. The summed E-state index contributed by atoms with van der Waals surface area (Å²) < 4.78 is 2.29. The summed E-state index contributed by atoms with van der Waals surface area (Å²) in [6.45, 7) is 11.4. The van der Waals surface area contributed by atoms with Crippen molar-refractivity contribution in [2.75, 3.05) is 6.54 Å². The molecular weight excluding hydrogens is 258 g/mol. The molecule has 1 N–H and O–H groups in total. The Balaban J connectivity index is 2.01. The second-order valence-corrected chi connectivity index (χ2v) is 7.40. The molecule has 0 aromatic carbocycles. The Morgan fingerprint density at radius 3 is 2.67 bits per heavy atom. The molecule has 21 heavy (non-hydrogen) atoms. The summed E-state index contributed by atoms with van der Waals surface area (Å²) in [5, 5.41) is 3.80. The van der Waals surface area contributed by atoms with Crippen molar-refractivity contribution in [3.05, 3.63) is 18.2 Å². The van der Waals surface area contributed by atoms with Crippen LogP contribution < -0.4 is 5.32 Å². The van der Waals surface area contributed by atoms with Crippen LogP contribution in [-0.4, -0.2) is 22.1 Å². The third-order valence-electron chi connectivity index (χ3n) is 5.15. The van der Waals surface area contributed by atoms with Gasteiger partial charge in [-0.15, -0.1) is 0 Å². The highest BCUT2D eigenvalue weighted by atomic mass is 15.1. The van der Waals surface area contributed by atoms with E-state index in [2.05, 4.69) is 48.8 Å². The van der Waals surface area contributed by atoms with Crippen LogP contribution in [0.5, 0.6) is 0 Å². The number of nitrogens with zero attached hydrogens (tertiary/aromatic N) is 2. The average molecular weight is 291 g/mol. The monoisotopic (exact) mass is 291 g/mol. The zero-order chi connectivity index (χ0) is 15.3. The van der Waals surface area contributed by atoms with Crippen molar-refractivity contribution >= 4 is 0 Å². The second-order valence-electron chi connectivity index (χ2n) is 7.40. The molecule has 0 saturated heterocycles. The summed E-state index contributed by atoms with van der Waals surface area (Å²) >= 11 is 0. The summed E-state index contributed by atoms with van der Waals surface area (Å²) in [6.07, 6.45) is 11.8. The zero-order valence-electron chi connectivity index (χ0n) is 14.4. The maximum absolute atomic E-state index is 4.58. The van der Waals surface area contributed by atoms with Gasteiger partial charge in [0, 0.05) is 31.4 Å². The zero-order valence-corrected chi connectivity index (χ0v) is 14.4. The number of hydrogen-bond acceptors (Lipinski definition) is 2. The molecular formula is C18H33N3. The molecule has 1 aromatic rings. The van der Waals surface area contributed by atoms with Gasteiger partial charge in [-0.1, -0.05) is 20.8 Å². The molecule has 1 saturated carbocycles. The van der Waals surface area contributed by atoms with Gasteiger partial charge in [0.1, 0.15) is 5.82 Å². The summed E-state index contributed by atoms with van der Waals surface area (Å²) in [5.74, 6) is 2.06. The summed E-state index contributed by atoms with van der Waals surface area (Å²) in [4.78, 5) is 4.58. The fourth-order valence-corrected chi connectivity index (χ4v) is 3.57. The largest absolute Gasteiger partial charge is 0.335 e. The molecule has 1 aliphatic carbocycles. The molecule has 0 spiro atoms. The van der Waals surface area contributed by atoms with Gasteiger partial charge in [-0.2, -0.15) is 0 Å². The van der Waals surface area contributed by atoms with Crippen LogP contribution in [0, 0.1) is 11.3 Å². The number of imidazole rings is 1. The molecule has 1 aliphatic rings.